The standard InChI is InChI=1S/CH3N5.ClH/c2-1(3)5-6-4;/h(H3,2,3);1H/p+1. The smallest absolute Gasteiger partial charge is 0.282 e. The lowest BCUT2D eigenvalue weighted by Gasteiger charge is -1.48. The van der Waals surface area contributed by atoms with Gasteiger partial charge in [-0.3, -0.25) is 11.1 Å². The highest BCUT2D eigenvalue weighted by molar-refractivity contribution is 5.85. The molecule has 0 saturated carbocycles. The molecule has 0 radical (unpaired) electrons. The van der Waals surface area contributed by atoms with E-state index in [-0.39, 0.29) is 18.4 Å². The maximum absolute atomic E-state index is 7.51. The van der Waals surface area contributed by atoms with Gasteiger partial charge in [0, 0.05) is 5.53 Å². The Labute approximate surface area is 46.1 Å². The molecule has 0 aromatic rings. The summed E-state index contributed by atoms with van der Waals surface area (Å²) in [5.41, 5.74) is 12.2. The average Bonchev–Trinajstić information content (AvgIpc) is 1.35. The van der Waals surface area contributed by atoms with Gasteiger partial charge in [0.1, 0.15) is 0 Å². The normalized spacial score (nSPS) is 5.14. The van der Waals surface area contributed by atoms with Gasteiger partial charge < -0.3 is 0 Å². The SMILES string of the molecule is Cl.[N-]=[N+]=NC(N)=[NH2+]. The van der Waals surface area contributed by atoms with Crippen molar-refractivity contribution in [3.8, 4) is 0 Å². The van der Waals surface area contributed by atoms with E-state index in [1.807, 2.05) is 0 Å². The third-order valence-corrected chi connectivity index (χ3v) is 0.160. The Hall–Kier alpha value is -0.930. The van der Waals surface area contributed by atoms with Crippen LogP contribution in [0.5, 0.6) is 0 Å². The highest BCUT2D eigenvalue weighted by atomic mass is 35.5. The number of azide groups is 1. The lowest BCUT2D eigenvalue weighted by Crippen LogP contribution is -2.43. The van der Waals surface area contributed by atoms with Crippen molar-refractivity contribution in [1.29, 1.82) is 0 Å². The molecule has 6 heteroatoms. The van der Waals surface area contributed by atoms with Crippen LogP contribution in [0.15, 0.2) is 5.11 Å². The molecule has 0 aliphatic carbocycles. The summed E-state index contributed by atoms with van der Waals surface area (Å²) >= 11 is 0. The molecule has 0 aliphatic heterocycles. The molecular weight excluding hydrogens is 117 g/mol. The first-order valence-corrected chi connectivity index (χ1v) is 1.20. The fraction of sp³-hybridized carbons (Fsp3) is 0. The number of guanidine groups is 1. The van der Waals surface area contributed by atoms with Crippen LogP contribution in [-0.2, 0) is 0 Å². The molecule has 0 aromatic heterocycles. The molecule has 0 saturated heterocycles. The van der Waals surface area contributed by atoms with Gasteiger partial charge >= 0.3 is 11.1 Å². The lowest BCUT2D eigenvalue weighted by molar-refractivity contribution is -0.116. The molecule has 0 bridgehead atoms. The van der Waals surface area contributed by atoms with Gasteiger partial charge in [-0.05, 0) is 0 Å². The summed E-state index contributed by atoms with van der Waals surface area (Å²) in [7, 11) is 0. The number of nitrogens with zero attached hydrogens (tertiary/aromatic N) is 3. The number of hydrogen-bond donors (Lipinski definition) is 2. The molecular formula is CH5ClN5+. The van der Waals surface area contributed by atoms with Crippen molar-refractivity contribution in [3.05, 3.63) is 10.4 Å². The molecule has 0 spiro atoms. The third-order valence-electron chi connectivity index (χ3n) is 0.160. The zero-order chi connectivity index (χ0) is 4.99. The zero-order valence-electron chi connectivity index (χ0n) is 3.40. The second kappa shape index (κ2) is 5.07. The average molecular weight is 123 g/mol. The van der Waals surface area contributed by atoms with Crippen LogP contribution < -0.4 is 11.1 Å². The Morgan fingerprint density at radius 3 is 2.29 bits per heavy atom. The molecule has 0 heterocycles. The van der Waals surface area contributed by atoms with E-state index in [0.29, 0.717) is 0 Å². The maximum Gasteiger partial charge on any atom is 0.467 e. The molecule has 4 N–H and O–H groups in total. The Morgan fingerprint density at radius 2 is 2.29 bits per heavy atom. The van der Waals surface area contributed by atoms with E-state index < -0.39 is 0 Å². The van der Waals surface area contributed by atoms with Crippen LogP contribution in [-0.4, -0.2) is 5.96 Å². The number of nitrogens with two attached hydrogens (primary N) is 2. The molecule has 0 aliphatic rings. The van der Waals surface area contributed by atoms with Crippen molar-refractivity contribution in [2.24, 2.45) is 10.8 Å². The molecule has 7 heavy (non-hydrogen) atoms. The van der Waals surface area contributed by atoms with Gasteiger partial charge in [-0.25, -0.2) is 0 Å². The molecule has 0 unspecified atom stereocenters. The first-order chi connectivity index (χ1) is 2.77. The van der Waals surface area contributed by atoms with Crippen molar-refractivity contribution < 1.29 is 5.41 Å². The largest absolute Gasteiger partial charge is 0.467 e. The minimum Gasteiger partial charge on any atom is -0.282 e. The number of rotatable bonds is 0. The quantitative estimate of drug-likeness (QED) is 0.136. The summed E-state index contributed by atoms with van der Waals surface area (Å²) in [6.45, 7) is 0. The predicted octanol–water partition coefficient (Wildman–Crippen LogP) is -1.21. The van der Waals surface area contributed by atoms with Crippen LogP contribution in [0.4, 0.5) is 0 Å². The van der Waals surface area contributed by atoms with Crippen LogP contribution in [0, 0.1) is 0 Å². The Balaban J connectivity index is 0. The molecule has 0 rings (SSSR count). The summed E-state index contributed by atoms with van der Waals surface area (Å²) in [4.78, 5) is 2.27. The highest BCUT2D eigenvalue weighted by Crippen LogP contribution is 1.55. The summed E-state index contributed by atoms with van der Waals surface area (Å²) in [5.74, 6) is -0.252. The fourth-order valence-corrected chi connectivity index (χ4v) is 0.0516. The molecule has 5 nitrogen and oxygen atoms in total. The van der Waals surface area contributed by atoms with E-state index in [0.717, 1.165) is 0 Å². The maximum atomic E-state index is 7.51. The first-order valence-electron chi connectivity index (χ1n) is 1.20. The Bertz CT molecular complexity index is 101. The zero-order valence-corrected chi connectivity index (χ0v) is 4.22. The van der Waals surface area contributed by atoms with Gasteiger partial charge in [0.2, 0.25) is 4.91 Å². The molecule has 0 amide bonds. The van der Waals surface area contributed by atoms with E-state index in [2.05, 4.69) is 21.2 Å². The Kier molecular flexibility index (Phi) is 6.82. The number of halogens is 1. The van der Waals surface area contributed by atoms with Gasteiger partial charge in [0.25, 0.3) is 0 Å². The summed E-state index contributed by atoms with van der Waals surface area (Å²) in [6, 6.07) is 0. The van der Waals surface area contributed by atoms with E-state index in [1.165, 1.54) is 0 Å². The van der Waals surface area contributed by atoms with Crippen molar-refractivity contribution in [2.45, 2.75) is 0 Å². The first kappa shape index (κ1) is 9.42. The summed E-state index contributed by atoms with van der Waals surface area (Å²) in [5, 5.41) is 7.45. The minimum absolute atomic E-state index is 0. The van der Waals surface area contributed by atoms with E-state index in [1.54, 1.807) is 0 Å². The monoisotopic (exact) mass is 122 g/mol. The van der Waals surface area contributed by atoms with Crippen LogP contribution in [0.2, 0.25) is 0 Å². The Morgan fingerprint density at radius 1 is 1.86 bits per heavy atom. The third kappa shape index (κ3) is 11.2. The van der Waals surface area contributed by atoms with Gasteiger partial charge in [-0.15, -0.1) is 12.4 Å². The van der Waals surface area contributed by atoms with E-state index in [9.17, 15) is 0 Å². The van der Waals surface area contributed by atoms with E-state index in [4.69, 9.17) is 5.53 Å². The van der Waals surface area contributed by atoms with Crippen molar-refractivity contribution in [1.82, 2.24) is 0 Å². The molecule has 0 atom stereocenters. The topological polar surface area (TPSA) is 100 Å². The van der Waals surface area contributed by atoms with Gasteiger partial charge in [-0.2, -0.15) is 0 Å². The lowest BCUT2D eigenvalue weighted by atomic mass is 11.1. The van der Waals surface area contributed by atoms with Crippen molar-refractivity contribution in [2.75, 3.05) is 0 Å². The van der Waals surface area contributed by atoms with Gasteiger partial charge in [0.15, 0.2) is 0 Å². The van der Waals surface area contributed by atoms with Gasteiger partial charge in [0.05, 0.1) is 0 Å². The van der Waals surface area contributed by atoms with E-state index >= 15 is 0 Å². The van der Waals surface area contributed by atoms with Crippen LogP contribution in [0.3, 0.4) is 0 Å². The van der Waals surface area contributed by atoms with Crippen LogP contribution in [0.25, 0.3) is 10.4 Å². The van der Waals surface area contributed by atoms with Crippen LogP contribution in [0.1, 0.15) is 0 Å². The molecule has 40 valence electrons. The van der Waals surface area contributed by atoms with Crippen molar-refractivity contribution >= 4 is 18.4 Å². The minimum atomic E-state index is -0.252. The molecule has 0 aromatic carbocycles. The summed E-state index contributed by atoms with van der Waals surface area (Å²) in [6.07, 6.45) is 0. The van der Waals surface area contributed by atoms with Crippen molar-refractivity contribution in [3.63, 3.8) is 0 Å². The second-order valence-corrected chi connectivity index (χ2v) is 0.614. The highest BCUT2D eigenvalue weighted by Gasteiger charge is 1.94. The second-order valence-electron chi connectivity index (χ2n) is 0.614. The predicted molar refractivity (Wildman–Crippen MR) is 27.5 cm³/mol. The fourth-order valence-electron chi connectivity index (χ4n) is 0.0516. The summed E-state index contributed by atoms with van der Waals surface area (Å²) < 4.78 is 0. The molecule has 0 fully saturated rings. The van der Waals surface area contributed by atoms with Gasteiger partial charge in [-0.1, -0.05) is 0 Å². The van der Waals surface area contributed by atoms with Crippen LogP contribution >= 0.6 is 12.4 Å². The number of hydrogen-bond acceptors (Lipinski definition) is 0.